The molecule has 174 valence electrons. The van der Waals surface area contributed by atoms with Crippen LogP contribution in [0.4, 0.5) is 0 Å². The fraction of sp³-hybridized carbons (Fsp3) is 0.333. The number of aromatic amines is 1. The first-order valence-electron chi connectivity index (χ1n) is 11.0. The third-order valence-electron chi connectivity index (χ3n) is 5.97. The number of nitrogens with one attached hydrogen (secondary N) is 2. The second kappa shape index (κ2) is 9.76. The summed E-state index contributed by atoms with van der Waals surface area (Å²) in [5.74, 6) is -1.55. The van der Waals surface area contributed by atoms with E-state index in [4.69, 9.17) is 0 Å². The molecule has 2 aromatic carbocycles. The quantitative estimate of drug-likeness (QED) is 0.469. The van der Waals surface area contributed by atoms with Crippen molar-refractivity contribution in [2.75, 3.05) is 13.1 Å². The van der Waals surface area contributed by atoms with Crippen molar-refractivity contribution < 1.29 is 23.1 Å². The Balaban J connectivity index is 1.40. The minimum Gasteiger partial charge on any atom is -0.480 e. The number of carboxylic acid groups (broad SMARTS) is 1. The summed E-state index contributed by atoms with van der Waals surface area (Å²) >= 11 is 0. The van der Waals surface area contributed by atoms with E-state index in [1.807, 2.05) is 24.3 Å². The standard InChI is InChI=1S/C24H27N3O5S/c28-23(26-22(24(29)30)15-18-16-25-21-7-3-2-6-20(18)21)14-17-8-10-19(11-9-17)33(31,32)27-12-4-1-5-13-27/h2-3,6-11,16,22,25H,1,4-5,12-15H2,(H,26,28)(H,29,30)/t22-/m1/s1. The van der Waals surface area contributed by atoms with E-state index in [-0.39, 0.29) is 17.7 Å². The maximum atomic E-state index is 12.8. The van der Waals surface area contributed by atoms with Crippen LogP contribution < -0.4 is 5.32 Å². The molecule has 1 aliphatic heterocycles. The Hall–Kier alpha value is -3.17. The summed E-state index contributed by atoms with van der Waals surface area (Å²) in [5, 5.41) is 13.1. The third-order valence-corrected chi connectivity index (χ3v) is 7.89. The largest absolute Gasteiger partial charge is 0.480 e. The number of aromatic nitrogens is 1. The number of carbonyl (C=O) groups excluding carboxylic acids is 1. The highest BCUT2D eigenvalue weighted by atomic mass is 32.2. The van der Waals surface area contributed by atoms with E-state index in [0.717, 1.165) is 35.7 Å². The first kappa shape index (κ1) is 23.0. The molecule has 9 heteroatoms. The van der Waals surface area contributed by atoms with E-state index in [0.29, 0.717) is 18.7 Å². The minimum atomic E-state index is -3.53. The lowest BCUT2D eigenvalue weighted by Crippen LogP contribution is -2.43. The van der Waals surface area contributed by atoms with Gasteiger partial charge in [0.15, 0.2) is 0 Å². The molecule has 0 radical (unpaired) electrons. The number of para-hydroxylation sites is 1. The summed E-state index contributed by atoms with van der Waals surface area (Å²) in [4.78, 5) is 27.6. The molecular formula is C24H27N3O5S. The first-order valence-corrected chi connectivity index (χ1v) is 12.4. The fourth-order valence-corrected chi connectivity index (χ4v) is 5.70. The average Bonchev–Trinajstić information content (AvgIpc) is 3.22. The normalized spacial score (nSPS) is 15.9. The summed E-state index contributed by atoms with van der Waals surface area (Å²) < 4.78 is 27.0. The van der Waals surface area contributed by atoms with Gasteiger partial charge in [-0.1, -0.05) is 36.8 Å². The predicted octanol–water partition coefficient (Wildman–Crippen LogP) is 2.70. The van der Waals surface area contributed by atoms with Gasteiger partial charge in [-0.05, 0) is 42.2 Å². The molecule has 0 spiro atoms. The van der Waals surface area contributed by atoms with Crippen molar-refractivity contribution in [3.8, 4) is 0 Å². The Morgan fingerprint density at radius 2 is 1.73 bits per heavy atom. The molecule has 0 bridgehead atoms. The number of benzene rings is 2. The minimum absolute atomic E-state index is 0.0400. The number of rotatable bonds is 8. The van der Waals surface area contributed by atoms with E-state index >= 15 is 0 Å². The van der Waals surface area contributed by atoms with Gasteiger partial charge in [-0.2, -0.15) is 4.31 Å². The number of aliphatic carboxylic acids is 1. The van der Waals surface area contributed by atoms with Gasteiger partial charge >= 0.3 is 5.97 Å². The second-order valence-corrected chi connectivity index (χ2v) is 10.2. The topological polar surface area (TPSA) is 120 Å². The number of fused-ring (bicyclic) bond motifs is 1. The van der Waals surface area contributed by atoms with Gasteiger partial charge < -0.3 is 15.4 Å². The summed E-state index contributed by atoms with van der Waals surface area (Å²) in [6.45, 7) is 1.05. The SMILES string of the molecule is O=C(Cc1ccc(S(=O)(=O)N2CCCCC2)cc1)N[C@H](Cc1c[nH]c2ccccc12)C(=O)O. The van der Waals surface area contributed by atoms with Gasteiger partial charge in [-0.25, -0.2) is 13.2 Å². The number of carboxylic acids is 1. The maximum Gasteiger partial charge on any atom is 0.326 e. The van der Waals surface area contributed by atoms with Crippen LogP contribution in [-0.2, 0) is 32.5 Å². The lowest BCUT2D eigenvalue weighted by molar-refractivity contribution is -0.141. The molecule has 1 atom stereocenters. The zero-order chi connectivity index (χ0) is 23.4. The Kier molecular flexibility index (Phi) is 6.80. The molecule has 0 unspecified atom stereocenters. The fourth-order valence-electron chi connectivity index (χ4n) is 4.18. The van der Waals surface area contributed by atoms with Crippen LogP contribution in [0.25, 0.3) is 10.9 Å². The van der Waals surface area contributed by atoms with Gasteiger partial charge in [0.1, 0.15) is 6.04 Å². The molecule has 0 saturated carbocycles. The summed E-state index contributed by atoms with van der Waals surface area (Å²) in [7, 11) is -3.53. The van der Waals surface area contributed by atoms with Crippen LogP contribution in [0, 0.1) is 0 Å². The molecule has 1 fully saturated rings. The van der Waals surface area contributed by atoms with Crippen molar-refractivity contribution in [2.24, 2.45) is 0 Å². The van der Waals surface area contributed by atoms with Crippen molar-refractivity contribution >= 4 is 32.8 Å². The summed E-state index contributed by atoms with van der Waals surface area (Å²) in [6, 6.07) is 12.7. The van der Waals surface area contributed by atoms with E-state index < -0.39 is 27.9 Å². The number of H-pyrrole nitrogens is 1. The third kappa shape index (κ3) is 5.26. The van der Waals surface area contributed by atoms with E-state index in [9.17, 15) is 23.1 Å². The molecule has 3 N–H and O–H groups in total. The number of nitrogens with zero attached hydrogens (tertiary/aromatic N) is 1. The highest BCUT2D eigenvalue weighted by Crippen LogP contribution is 2.21. The van der Waals surface area contributed by atoms with E-state index in [1.54, 1.807) is 18.3 Å². The average molecular weight is 470 g/mol. The number of piperidine rings is 1. The molecule has 1 aromatic heterocycles. The molecule has 4 rings (SSSR count). The van der Waals surface area contributed by atoms with Gasteiger partial charge in [0.05, 0.1) is 11.3 Å². The van der Waals surface area contributed by atoms with Crippen LogP contribution in [0.5, 0.6) is 0 Å². The van der Waals surface area contributed by atoms with Crippen LogP contribution in [0.2, 0.25) is 0 Å². The summed E-state index contributed by atoms with van der Waals surface area (Å²) in [5.41, 5.74) is 2.33. The molecule has 0 aliphatic carbocycles. The van der Waals surface area contributed by atoms with E-state index in [2.05, 4.69) is 10.3 Å². The van der Waals surface area contributed by atoms with Crippen LogP contribution in [0.1, 0.15) is 30.4 Å². The monoisotopic (exact) mass is 469 g/mol. The van der Waals surface area contributed by atoms with Crippen LogP contribution in [0.15, 0.2) is 59.6 Å². The molecule has 3 aromatic rings. The van der Waals surface area contributed by atoms with Crippen LogP contribution >= 0.6 is 0 Å². The Labute approximate surface area is 192 Å². The van der Waals surface area contributed by atoms with Gasteiger partial charge in [-0.15, -0.1) is 0 Å². The van der Waals surface area contributed by atoms with Crippen LogP contribution in [-0.4, -0.2) is 53.8 Å². The van der Waals surface area contributed by atoms with Crippen molar-refractivity contribution in [3.63, 3.8) is 0 Å². The Morgan fingerprint density at radius 1 is 1.03 bits per heavy atom. The smallest absolute Gasteiger partial charge is 0.326 e. The Morgan fingerprint density at radius 3 is 2.42 bits per heavy atom. The van der Waals surface area contributed by atoms with Gasteiger partial charge in [0.25, 0.3) is 0 Å². The molecule has 2 heterocycles. The molecule has 8 nitrogen and oxygen atoms in total. The predicted molar refractivity (Wildman–Crippen MR) is 124 cm³/mol. The molecule has 1 amide bonds. The van der Waals surface area contributed by atoms with Crippen molar-refractivity contribution in [1.29, 1.82) is 0 Å². The molecule has 1 saturated heterocycles. The highest BCUT2D eigenvalue weighted by molar-refractivity contribution is 7.89. The first-order chi connectivity index (χ1) is 15.8. The summed E-state index contributed by atoms with van der Waals surface area (Å²) in [6.07, 6.45) is 4.63. The number of amides is 1. The van der Waals surface area contributed by atoms with Crippen molar-refractivity contribution in [2.45, 2.75) is 43.0 Å². The number of hydrogen-bond donors (Lipinski definition) is 3. The number of carbonyl (C=O) groups is 2. The zero-order valence-electron chi connectivity index (χ0n) is 18.2. The van der Waals surface area contributed by atoms with Gasteiger partial charge in [-0.3, -0.25) is 4.79 Å². The lowest BCUT2D eigenvalue weighted by atomic mass is 10.0. The molecule has 1 aliphatic rings. The maximum absolute atomic E-state index is 12.8. The lowest BCUT2D eigenvalue weighted by Gasteiger charge is -2.25. The van der Waals surface area contributed by atoms with Crippen LogP contribution in [0.3, 0.4) is 0 Å². The van der Waals surface area contributed by atoms with E-state index in [1.165, 1.54) is 16.4 Å². The second-order valence-electron chi connectivity index (χ2n) is 8.31. The number of sulfonamides is 1. The highest BCUT2D eigenvalue weighted by Gasteiger charge is 2.26. The molecule has 33 heavy (non-hydrogen) atoms. The number of hydrogen-bond acceptors (Lipinski definition) is 4. The van der Waals surface area contributed by atoms with Crippen molar-refractivity contribution in [1.82, 2.24) is 14.6 Å². The van der Waals surface area contributed by atoms with Gasteiger partial charge in [0.2, 0.25) is 15.9 Å². The Bertz CT molecular complexity index is 1240. The zero-order valence-corrected chi connectivity index (χ0v) is 19.0. The van der Waals surface area contributed by atoms with Gasteiger partial charge in [0, 0.05) is 36.6 Å². The van der Waals surface area contributed by atoms with Crippen molar-refractivity contribution in [3.05, 3.63) is 65.9 Å². The molecular weight excluding hydrogens is 442 g/mol.